The fraction of sp³-hybridized carbons (Fsp3) is 0.136. The summed E-state index contributed by atoms with van der Waals surface area (Å²) in [5.74, 6) is -1.28. The molecule has 0 aliphatic rings. The van der Waals surface area contributed by atoms with Gasteiger partial charge < -0.3 is 5.32 Å². The lowest BCUT2D eigenvalue weighted by Crippen LogP contribution is -2.38. The van der Waals surface area contributed by atoms with E-state index in [4.69, 9.17) is 0 Å². The molecule has 0 spiro atoms. The minimum absolute atomic E-state index is 0.0277. The maximum atomic E-state index is 14.1. The summed E-state index contributed by atoms with van der Waals surface area (Å²) in [5.41, 5.74) is 2.08. The topological polar surface area (TPSA) is 66.5 Å². The van der Waals surface area contributed by atoms with Gasteiger partial charge in [-0.05, 0) is 61.9 Å². The minimum Gasteiger partial charge on any atom is -0.322 e. The van der Waals surface area contributed by atoms with Crippen LogP contribution in [0.3, 0.4) is 0 Å². The summed E-state index contributed by atoms with van der Waals surface area (Å²) in [4.78, 5) is 12.7. The van der Waals surface area contributed by atoms with Gasteiger partial charge in [-0.3, -0.25) is 9.10 Å². The summed E-state index contributed by atoms with van der Waals surface area (Å²) < 4.78 is 42.3. The Morgan fingerprint density at radius 1 is 1.00 bits per heavy atom. The number of hydrogen-bond acceptors (Lipinski definition) is 3. The van der Waals surface area contributed by atoms with Crippen LogP contribution in [0.2, 0.25) is 0 Å². The Balaban J connectivity index is 1.95. The third-order valence-corrected chi connectivity index (χ3v) is 6.67. The van der Waals surface area contributed by atoms with Gasteiger partial charge in [-0.2, -0.15) is 0 Å². The number of carbonyl (C=O) groups is 1. The zero-order chi connectivity index (χ0) is 21.9. The predicted octanol–water partition coefficient (Wildman–Crippen LogP) is 5.04. The number of amides is 1. The number of carbonyl (C=O) groups excluding carboxylic acids is 1. The quantitative estimate of drug-likeness (QED) is 0.526. The van der Waals surface area contributed by atoms with E-state index in [0.717, 1.165) is 15.4 Å². The lowest BCUT2D eigenvalue weighted by molar-refractivity contribution is -0.114. The molecule has 8 heteroatoms. The number of benzene rings is 3. The third kappa shape index (κ3) is 5.06. The number of rotatable bonds is 6. The molecule has 5 nitrogen and oxygen atoms in total. The molecule has 30 heavy (non-hydrogen) atoms. The van der Waals surface area contributed by atoms with Crippen LogP contribution in [0.25, 0.3) is 0 Å². The molecule has 1 N–H and O–H groups in total. The number of aryl methyl sites for hydroxylation is 2. The average Bonchev–Trinajstić information content (AvgIpc) is 2.68. The molecule has 0 aliphatic heterocycles. The molecule has 0 bridgehead atoms. The molecule has 0 aromatic heterocycles. The first-order valence-electron chi connectivity index (χ1n) is 9.08. The third-order valence-electron chi connectivity index (χ3n) is 4.39. The van der Waals surface area contributed by atoms with E-state index in [1.165, 1.54) is 24.3 Å². The fourth-order valence-corrected chi connectivity index (χ4v) is 4.59. The highest BCUT2D eigenvalue weighted by Crippen LogP contribution is 2.25. The number of sulfonamides is 1. The summed E-state index contributed by atoms with van der Waals surface area (Å²) in [6.07, 6.45) is 0. The Hall–Kier alpha value is -2.71. The molecular weight excluding hydrogens is 471 g/mol. The highest BCUT2D eigenvalue weighted by Gasteiger charge is 2.27. The van der Waals surface area contributed by atoms with Gasteiger partial charge in [0.25, 0.3) is 10.0 Å². The second-order valence-corrected chi connectivity index (χ2v) is 9.61. The Labute approximate surface area is 183 Å². The van der Waals surface area contributed by atoms with Gasteiger partial charge in [0.05, 0.1) is 16.3 Å². The maximum absolute atomic E-state index is 14.1. The van der Waals surface area contributed by atoms with Crippen molar-refractivity contribution in [3.63, 3.8) is 0 Å². The normalized spacial score (nSPS) is 11.2. The van der Waals surface area contributed by atoms with Gasteiger partial charge in [-0.25, -0.2) is 12.8 Å². The first-order chi connectivity index (χ1) is 14.2. The molecule has 0 saturated carbocycles. The molecule has 0 aliphatic carbocycles. The molecule has 0 heterocycles. The van der Waals surface area contributed by atoms with Crippen molar-refractivity contribution >= 4 is 43.2 Å². The molecule has 156 valence electrons. The van der Waals surface area contributed by atoms with Gasteiger partial charge in [0, 0.05) is 4.47 Å². The Kier molecular flexibility index (Phi) is 6.58. The van der Waals surface area contributed by atoms with E-state index >= 15 is 0 Å². The van der Waals surface area contributed by atoms with E-state index < -0.39 is 28.3 Å². The average molecular weight is 491 g/mol. The van der Waals surface area contributed by atoms with E-state index in [2.05, 4.69) is 21.2 Å². The van der Waals surface area contributed by atoms with Crippen molar-refractivity contribution in [2.75, 3.05) is 16.2 Å². The number of halogens is 2. The zero-order valence-electron chi connectivity index (χ0n) is 16.4. The Bertz CT molecular complexity index is 1180. The predicted molar refractivity (Wildman–Crippen MR) is 120 cm³/mol. The van der Waals surface area contributed by atoms with Crippen LogP contribution in [-0.2, 0) is 14.8 Å². The van der Waals surface area contributed by atoms with Crippen LogP contribution in [0.1, 0.15) is 11.1 Å². The standard InChI is InChI=1S/C22H20BrFN2O3S/c1-15-6-9-19(10-7-15)30(28,29)26(18-5-3-4-16(2)12-18)14-22(27)25-21-11-8-17(23)13-20(21)24/h3-13H,14H2,1-2H3,(H,25,27). The van der Waals surface area contributed by atoms with E-state index in [0.29, 0.717) is 10.2 Å². The monoisotopic (exact) mass is 490 g/mol. The van der Waals surface area contributed by atoms with Gasteiger partial charge in [0.15, 0.2) is 0 Å². The van der Waals surface area contributed by atoms with Gasteiger partial charge in [-0.1, -0.05) is 45.8 Å². The number of nitrogens with zero attached hydrogens (tertiary/aromatic N) is 1. The maximum Gasteiger partial charge on any atom is 0.264 e. The van der Waals surface area contributed by atoms with Gasteiger partial charge in [0.1, 0.15) is 12.4 Å². The van der Waals surface area contributed by atoms with E-state index in [-0.39, 0.29) is 10.6 Å². The molecule has 0 saturated heterocycles. The van der Waals surface area contributed by atoms with Crippen LogP contribution in [0.5, 0.6) is 0 Å². The highest BCUT2D eigenvalue weighted by atomic mass is 79.9. The van der Waals surface area contributed by atoms with Crippen molar-refractivity contribution in [1.82, 2.24) is 0 Å². The van der Waals surface area contributed by atoms with Crippen molar-refractivity contribution in [3.8, 4) is 0 Å². The largest absolute Gasteiger partial charge is 0.322 e. The Morgan fingerprint density at radius 2 is 1.70 bits per heavy atom. The molecule has 0 radical (unpaired) electrons. The Morgan fingerprint density at radius 3 is 2.33 bits per heavy atom. The first kappa shape index (κ1) is 22.0. The number of hydrogen-bond donors (Lipinski definition) is 1. The molecule has 0 unspecified atom stereocenters. The second-order valence-electron chi connectivity index (χ2n) is 6.84. The first-order valence-corrected chi connectivity index (χ1v) is 11.3. The molecular formula is C22H20BrFN2O3S. The van der Waals surface area contributed by atoms with Crippen LogP contribution < -0.4 is 9.62 Å². The zero-order valence-corrected chi connectivity index (χ0v) is 18.8. The summed E-state index contributed by atoms with van der Waals surface area (Å²) in [6, 6.07) is 17.4. The lowest BCUT2D eigenvalue weighted by Gasteiger charge is -2.24. The van der Waals surface area contributed by atoms with Crippen LogP contribution in [-0.4, -0.2) is 20.9 Å². The van der Waals surface area contributed by atoms with Gasteiger partial charge in [-0.15, -0.1) is 0 Å². The summed E-state index contributed by atoms with van der Waals surface area (Å²) in [6.45, 7) is 3.18. The SMILES string of the molecule is Cc1ccc(S(=O)(=O)N(CC(=O)Nc2ccc(Br)cc2F)c2cccc(C)c2)cc1. The van der Waals surface area contributed by atoms with E-state index in [1.54, 1.807) is 36.4 Å². The fourth-order valence-electron chi connectivity index (χ4n) is 2.85. The molecule has 3 aromatic carbocycles. The van der Waals surface area contributed by atoms with Crippen molar-refractivity contribution < 1.29 is 17.6 Å². The minimum atomic E-state index is -4.02. The van der Waals surface area contributed by atoms with Gasteiger partial charge >= 0.3 is 0 Å². The van der Waals surface area contributed by atoms with Crippen LogP contribution in [0, 0.1) is 19.7 Å². The smallest absolute Gasteiger partial charge is 0.264 e. The summed E-state index contributed by atoms with van der Waals surface area (Å²) in [5, 5.41) is 2.44. The molecule has 0 atom stereocenters. The highest BCUT2D eigenvalue weighted by molar-refractivity contribution is 9.10. The number of nitrogens with one attached hydrogen (secondary N) is 1. The van der Waals surface area contributed by atoms with Crippen molar-refractivity contribution in [3.05, 3.63) is 88.1 Å². The molecule has 1 amide bonds. The molecule has 3 aromatic rings. The van der Waals surface area contributed by atoms with Crippen molar-refractivity contribution in [2.24, 2.45) is 0 Å². The van der Waals surface area contributed by atoms with Crippen LogP contribution in [0.4, 0.5) is 15.8 Å². The summed E-state index contributed by atoms with van der Waals surface area (Å²) in [7, 11) is -4.02. The molecule has 0 fully saturated rings. The lowest BCUT2D eigenvalue weighted by atomic mass is 10.2. The molecule has 3 rings (SSSR count). The van der Waals surface area contributed by atoms with Gasteiger partial charge in [0.2, 0.25) is 5.91 Å². The second kappa shape index (κ2) is 8.97. The van der Waals surface area contributed by atoms with Crippen molar-refractivity contribution in [1.29, 1.82) is 0 Å². The van der Waals surface area contributed by atoms with Crippen molar-refractivity contribution in [2.45, 2.75) is 18.7 Å². The van der Waals surface area contributed by atoms with E-state index in [9.17, 15) is 17.6 Å². The van der Waals surface area contributed by atoms with Crippen LogP contribution in [0.15, 0.2) is 76.1 Å². The summed E-state index contributed by atoms with van der Waals surface area (Å²) >= 11 is 3.16. The van der Waals surface area contributed by atoms with E-state index in [1.807, 2.05) is 19.9 Å². The van der Waals surface area contributed by atoms with Crippen LogP contribution >= 0.6 is 15.9 Å². The number of anilines is 2.